The standard InChI is InChI=1S/C17H17F3N4/c1-10-14(5-6-16(23-10)17(18,19)20)24-12-3-4-13-11(8-21-2)9-22-15(13)7-12/h3-7,9,21-22,24H,8H2,1-2H3. The molecule has 0 saturated carbocycles. The smallest absolute Gasteiger partial charge is 0.361 e. The predicted molar refractivity (Wildman–Crippen MR) is 88.3 cm³/mol. The Morgan fingerprint density at radius 1 is 1.17 bits per heavy atom. The molecule has 4 nitrogen and oxygen atoms in total. The van der Waals surface area contributed by atoms with Crippen LogP contribution in [0, 0.1) is 6.92 Å². The lowest BCUT2D eigenvalue weighted by Gasteiger charge is -2.12. The molecule has 3 rings (SSSR count). The number of H-pyrrole nitrogens is 1. The van der Waals surface area contributed by atoms with E-state index in [9.17, 15) is 13.2 Å². The number of alkyl halides is 3. The highest BCUT2D eigenvalue weighted by Crippen LogP contribution is 2.30. The number of hydrogen-bond acceptors (Lipinski definition) is 3. The molecule has 0 bridgehead atoms. The zero-order valence-corrected chi connectivity index (χ0v) is 13.3. The third kappa shape index (κ3) is 3.21. The second-order valence-corrected chi connectivity index (χ2v) is 5.56. The zero-order valence-electron chi connectivity index (χ0n) is 13.3. The van der Waals surface area contributed by atoms with Gasteiger partial charge in [-0.05, 0) is 43.8 Å². The van der Waals surface area contributed by atoms with Gasteiger partial charge in [0.2, 0.25) is 0 Å². The van der Waals surface area contributed by atoms with Crippen molar-refractivity contribution in [1.29, 1.82) is 0 Å². The average Bonchev–Trinajstić information content (AvgIpc) is 2.91. The molecule has 2 heterocycles. The minimum atomic E-state index is -4.43. The topological polar surface area (TPSA) is 52.7 Å². The van der Waals surface area contributed by atoms with Crippen LogP contribution in [-0.2, 0) is 12.7 Å². The molecule has 0 amide bonds. The highest BCUT2D eigenvalue weighted by Gasteiger charge is 2.32. The van der Waals surface area contributed by atoms with E-state index in [1.165, 1.54) is 6.07 Å². The summed E-state index contributed by atoms with van der Waals surface area (Å²) in [5, 5.41) is 7.33. The number of halogens is 3. The first-order chi connectivity index (χ1) is 11.4. The highest BCUT2D eigenvalue weighted by atomic mass is 19.4. The van der Waals surface area contributed by atoms with E-state index in [-0.39, 0.29) is 0 Å². The lowest BCUT2D eigenvalue weighted by atomic mass is 10.1. The van der Waals surface area contributed by atoms with Gasteiger partial charge in [-0.15, -0.1) is 0 Å². The van der Waals surface area contributed by atoms with Crippen molar-refractivity contribution in [3.63, 3.8) is 0 Å². The number of aryl methyl sites for hydroxylation is 1. The Balaban J connectivity index is 1.87. The first kappa shape index (κ1) is 16.3. The van der Waals surface area contributed by atoms with E-state index < -0.39 is 11.9 Å². The predicted octanol–water partition coefficient (Wildman–Crippen LogP) is 4.35. The summed E-state index contributed by atoms with van der Waals surface area (Å²) in [7, 11) is 1.88. The van der Waals surface area contributed by atoms with Crippen LogP contribution in [-0.4, -0.2) is 17.0 Å². The average molecular weight is 334 g/mol. The number of aromatic nitrogens is 2. The largest absolute Gasteiger partial charge is 0.433 e. The maximum Gasteiger partial charge on any atom is 0.433 e. The van der Waals surface area contributed by atoms with Crippen LogP contribution < -0.4 is 10.6 Å². The molecule has 0 aliphatic carbocycles. The number of anilines is 2. The van der Waals surface area contributed by atoms with E-state index in [2.05, 4.69) is 20.6 Å². The van der Waals surface area contributed by atoms with E-state index in [4.69, 9.17) is 0 Å². The molecule has 0 radical (unpaired) electrons. The van der Waals surface area contributed by atoms with Crippen LogP contribution in [0.3, 0.4) is 0 Å². The fraction of sp³-hybridized carbons (Fsp3) is 0.235. The summed E-state index contributed by atoms with van der Waals surface area (Å²) in [6.07, 6.45) is -2.49. The van der Waals surface area contributed by atoms with E-state index in [0.717, 1.165) is 34.8 Å². The third-order valence-corrected chi connectivity index (χ3v) is 3.79. The molecule has 0 unspecified atom stereocenters. The van der Waals surface area contributed by atoms with Gasteiger partial charge in [0, 0.05) is 29.3 Å². The number of rotatable bonds is 4. The highest BCUT2D eigenvalue weighted by molar-refractivity contribution is 5.87. The van der Waals surface area contributed by atoms with Crippen LogP contribution in [0.5, 0.6) is 0 Å². The molecular weight excluding hydrogens is 317 g/mol. The van der Waals surface area contributed by atoms with Crippen molar-refractivity contribution in [2.75, 3.05) is 12.4 Å². The Morgan fingerprint density at radius 2 is 1.96 bits per heavy atom. The summed E-state index contributed by atoms with van der Waals surface area (Å²) < 4.78 is 38.0. The van der Waals surface area contributed by atoms with Gasteiger partial charge in [-0.1, -0.05) is 6.07 Å². The fourth-order valence-corrected chi connectivity index (χ4v) is 2.61. The zero-order chi connectivity index (χ0) is 17.3. The molecule has 0 aliphatic rings. The van der Waals surface area contributed by atoms with Gasteiger partial charge in [0.25, 0.3) is 0 Å². The second kappa shape index (κ2) is 6.16. The van der Waals surface area contributed by atoms with Crippen molar-refractivity contribution in [3.8, 4) is 0 Å². The van der Waals surface area contributed by atoms with Crippen LogP contribution in [0.25, 0.3) is 10.9 Å². The van der Waals surface area contributed by atoms with Gasteiger partial charge in [0.15, 0.2) is 0 Å². The number of benzene rings is 1. The summed E-state index contributed by atoms with van der Waals surface area (Å²) in [5.41, 5.74) is 2.86. The summed E-state index contributed by atoms with van der Waals surface area (Å²) in [6.45, 7) is 2.31. The van der Waals surface area contributed by atoms with Gasteiger partial charge in [-0.3, -0.25) is 0 Å². The van der Waals surface area contributed by atoms with Crippen LogP contribution in [0.15, 0.2) is 36.5 Å². The number of fused-ring (bicyclic) bond motifs is 1. The van der Waals surface area contributed by atoms with Crippen molar-refractivity contribution in [1.82, 2.24) is 15.3 Å². The molecule has 0 spiro atoms. The lowest BCUT2D eigenvalue weighted by Crippen LogP contribution is -2.09. The summed E-state index contributed by atoms with van der Waals surface area (Å²) >= 11 is 0. The van der Waals surface area contributed by atoms with Gasteiger partial charge in [0.05, 0.1) is 11.4 Å². The van der Waals surface area contributed by atoms with Crippen LogP contribution in [0.1, 0.15) is 17.0 Å². The van der Waals surface area contributed by atoms with Crippen molar-refractivity contribution in [2.45, 2.75) is 19.6 Å². The SMILES string of the molecule is CNCc1c[nH]c2cc(Nc3ccc(C(F)(F)F)nc3C)ccc12. The minimum absolute atomic E-state index is 0.298. The lowest BCUT2D eigenvalue weighted by molar-refractivity contribution is -0.141. The molecular formula is C17H17F3N4. The van der Waals surface area contributed by atoms with Gasteiger partial charge in [0.1, 0.15) is 5.69 Å². The molecule has 2 aromatic heterocycles. The van der Waals surface area contributed by atoms with E-state index in [1.54, 1.807) is 6.92 Å². The molecule has 0 aliphatic heterocycles. The first-order valence-electron chi connectivity index (χ1n) is 7.45. The molecule has 126 valence electrons. The molecule has 1 aromatic carbocycles. The molecule has 3 aromatic rings. The Hall–Kier alpha value is -2.54. The number of aromatic amines is 1. The van der Waals surface area contributed by atoms with Gasteiger partial charge >= 0.3 is 6.18 Å². The Labute approximate surface area is 137 Å². The number of hydrogen-bond donors (Lipinski definition) is 3. The Kier molecular flexibility index (Phi) is 4.19. The number of nitrogens with one attached hydrogen (secondary N) is 3. The summed E-state index contributed by atoms with van der Waals surface area (Å²) in [6, 6.07) is 8.18. The van der Waals surface area contributed by atoms with E-state index >= 15 is 0 Å². The molecule has 0 atom stereocenters. The Bertz CT molecular complexity index is 868. The van der Waals surface area contributed by atoms with E-state index in [1.807, 2.05) is 31.4 Å². The van der Waals surface area contributed by atoms with Crippen LogP contribution in [0.2, 0.25) is 0 Å². The molecule has 7 heteroatoms. The summed E-state index contributed by atoms with van der Waals surface area (Å²) in [4.78, 5) is 6.83. The second-order valence-electron chi connectivity index (χ2n) is 5.56. The first-order valence-corrected chi connectivity index (χ1v) is 7.45. The van der Waals surface area contributed by atoms with Crippen molar-refractivity contribution < 1.29 is 13.2 Å². The number of pyridine rings is 1. The Morgan fingerprint density at radius 3 is 2.62 bits per heavy atom. The number of nitrogens with zero attached hydrogens (tertiary/aromatic N) is 1. The molecule has 0 saturated heterocycles. The normalized spacial score (nSPS) is 11.9. The van der Waals surface area contributed by atoms with Gasteiger partial charge < -0.3 is 15.6 Å². The third-order valence-electron chi connectivity index (χ3n) is 3.79. The maximum absolute atomic E-state index is 12.7. The fourth-order valence-electron chi connectivity index (χ4n) is 2.61. The summed E-state index contributed by atoms with van der Waals surface area (Å²) in [5.74, 6) is 0. The molecule has 0 fully saturated rings. The monoisotopic (exact) mass is 334 g/mol. The quantitative estimate of drug-likeness (QED) is 0.665. The van der Waals surface area contributed by atoms with Gasteiger partial charge in [-0.25, -0.2) is 4.98 Å². The van der Waals surface area contributed by atoms with Crippen molar-refractivity contribution in [2.24, 2.45) is 0 Å². The van der Waals surface area contributed by atoms with Crippen LogP contribution in [0.4, 0.5) is 24.5 Å². The minimum Gasteiger partial charge on any atom is -0.361 e. The van der Waals surface area contributed by atoms with E-state index in [0.29, 0.717) is 11.4 Å². The van der Waals surface area contributed by atoms with Crippen molar-refractivity contribution >= 4 is 22.3 Å². The molecule has 24 heavy (non-hydrogen) atoms. The van der Waals surface area contributed by atoms with Crippen molar-refractivity contribution in [3.05, 3.63) is 53.5 Å². The maximum atomic E-state index is 12.7. The molecule has 3 N–H and O–H groups in total. The van der Waals surface area contributed by atoms with Crippen LogP contribution >= 0.6 is 0 Å². The van der Waals surface area contributed by atoms with Gasteiger partial charge in [-0.2, -0.15) is 13.2 Å².